The Morgan fingerprint density at radius 3 is 2.52 bits per heavy atom. The maximum absolute atomic E-state index is 5.69. The van der Waals surface area contributed by atoms with Gasteiger partial charge in [-0.25, -0.2) is 9.97 Å². The van der Waals surface area contributed by atoms with Gasteiger partial charge in [-0.15, -0.1) is 0 Å². The minimum atomic E-state index is 0.629. The molecule has 2 rings (SSSR count). The molecule has 4 nitrogen and oxygen atoms in total. The number of aromatic nitrogens is 2. The molecule has 0 amide bonds. The van der Waals surface area contributed by atoms with Gasteiger partial charge >= 0.3 is 0 Å². The molecule has 0 spiro atoms. The molecule has 21 heavy (non-hydrogen) atoms. The van der Waals surface area contributed by atoms with E-state index in [4.69, 9.17) is 9.72 Å². The average molecular weight is 285 g/mol. The van der Waals surface area contributed by atoms with Crippen LogP contribution in [0.2, 0.25) is 0 Å². The van der Waals surface area contributed by atoms with Gasteiger partial charge in [-0.05, 0) is 39.3 Å². The van der Waals surface area contributed by atoms with Gasteiger partial charge in [-0.3, -0.25) is 0 Å². The van der Waals surface area contributed by atoms with Crippen LogP contribution in [-0.4, -0.2) is 23.1 Å². The minimum Gasteiger partial charge on any atom is -0.493 e. The van der Waals surface area contributed by atoms with Crippen molar-refractivity contribution in [2.75, 3.05) is 18.5 Å². The monoisotopic (exact) mass is 285 g/mol. The zero-order valence-corrected chi connectivity index (χ0v) is 13.2. The van der Waals surface area contributed by atoms with Gasteiger partial charge in [0.2, 0.25) is 0 Å². The Labute approximate surface area is 126 Å². The van der Waals surface area contributed by atoms with Crippen molar-refractivity contribution in [3.63, 3.8) is 0 Å². The number of rotatable bonds is 6. The van der Waals surface area contributed by atoms with E-state index in [-0.39, 0.29) is 0 Å². The third-order valence-corrected chi connectivity index (χ3v) is 3.35. The van der Waals surface area contributed by atoms with E-state index in [0.717, 1.165) is 47.2 Å². The first-order valence-electron chi connectivity index (χ1n) is 7.54. The molecule has 0 unspecified atom stereocenters. The lowest BCUT2D eigenvalue weighted by molar-refractivity contribution is 0.341. The molecule has 0 bridgehead atoms. The van der Waals surface area contributed by atoms with E-state index < -0.39 is 0 Å². The van der Waals surface area contributed by atoms with Crippen LogP contribution < -0.4 is 10.1 Å². The highest BCUT2D eigenvalue weighted by Crippen LogP contribution is 2.29. The minimum absolute atomic E-state index is 0.629. The van der Waals surface area contributed by atoms with Crippen LogP contribution in [0.1, 0.15) is 32.0 Å². The fourth-order valence-corrected chi connectivity index (χ4v) is 2.30. The first-order chi connectivity index (χ1) is 10.2. The molecule has 112 valence electrons. The fourth-order valence-electron chi connectivity index (χ4n) is 2.30. The molecule has 1 N–H and O–H groups in total. The van der Waals surface area contributed by atoms with Gasteiger partial charge in [-0.2, -0.15) is 0 Å². The molecule has 0 aliphatic rings. The third-order valence-electron chi connectivity index (χ3n) is 3.35. The summed E-state index contributed by atoms with van der Waals surface area (Å²) in [6.45, 7) is 9.70. The van der Waals surface area contributed by atoms with Crippen LogP contribution in [-0.2, 0) is 6.42 Å². The number of aryl methyl sites for hydroxylation is 1. The van der Waals surface area contributed by atoms with E-state index >= 15 is 0 Å². The molecule has 2 aromatic rings. The number of benzene rings is 1. The summed E-state index contributed by atoms with van der Waals surface area (Å²) < 4.78 is 5.69. The van der Waals surface area contributed by atoms with E-state index in [1.807, 2.05) is 31.2 Å². The maximum Gasteiger partial charge on any atom is 0.165 e. The molecular formula is C17H23N3O. The van der Waals surface area contributed by atoms with E-state index in [2.05, 4.69) is 31.1 Å². The Balaban J connectivity index is 2.55. The molecule has 0 aliphatic carbocycles. The second-order valence-electron chi connectivity index (χ2n) is 4.78. The summed E-state index contributed by atoms with van der Waals surface area (Å²) in [5.74, 6) is 2.46. The van der Waals surface area contributed by atoms with Gasteiger partial charge in [-0.1, -0.05) is 19.1 Å². The predicted molar refractivity (Wildman–Crippen MR) is 86.9 cm³/mol. The summed E-state index contributed by atoms with van der Waals surface area (Å²) in [7, 11) is 0. The van der Waals surface area contributed by atoms with Crippen molar-refractivity contribution >= 4 is 5.82 Å². The first-order valence-corrected chi connectivity index (χ1v) is 7.54. The third kappa shape index (κ3) is 3.32. The average Bonchev–Trinajstić information content (AvgIpc) is 2.50. The number of para-hydroxylation sites is 1. The fraction of sp³-hybridized carbons (Fsp3) is 0.412. The lowest BCUT2D eigenvalue weighted by atomic mass is 10.1. The van der Waals surface area contributed by atoms with Crippen LogP contribution in [0.25, 0.3) is 11.4 Å². The summed E-state index contributed by atoms with van der Waals surface area (Å²) in [5.41, 5.74) is 3.13. The first kappa shape index (κ1) is 15.3. The van der Waals surface area contributed by atoms with Crippen molar-refractivity contribution in [1.82, 2.24) is 9.97 Å². The largest absolute Gasteiger partial charge is 0.493 e. The van der Waals surface area contributed by atoms with E-state index in [1.54, 1.807) is 0 Å². The van der Waals surface area contributed by atoms with E-state index in [9.17, 15) is 0 Å². The summed E-state index contributed by atoms with van der Waals surface area (Å²) in [6, 6.07) is 7.92. The number of hydrogen-bond donors (Lipinski definition) is 1. The summed E-state index contributed by atoms with van der Waals surface area (Å²) in [6.07, 6.45) is 0.885. The summed E-state index contributed by atoms with van der Waals surface area (Å²) >= 11 is 0. The SMILES string of the molecule is CCNc1nc(-c2ccccc2OCC)nc(CC)c1C. The molecule has 1 aromatic carbocycles. The second-order valence-corrected chi connectivity index (χ2v) is 4.78. The molecular weight excluding hydrogens is 262 g/mol. The summed E-state index contributed by atoms with van der Waals surface area (Å²) in [4.78, 5) is 9.40. The van der Waals surface area contributed by atoms with Crippen molar-refractivity contribution in [3.05, 3.63) is 35.5 Å². The van der Waals surface area contributed by atoms with Crippen molar-refractivity contribution in [3.8, 4) is 17.1 Å². The molecule has 0 saturated heterocycles. The van der Waals surface area contributed by atoms with E-state index in [1.165, 1.54) is 0 Å². The molecule has 0 radical (unpaired) electrons. The Morgan fingerprint density at radius 2 is 1.86 bits per heavy atom. The quantitative estimate of drug-likeness (QED) is 0.876. The van der Waals surface area contributed by atoms with Gasteiger partial charge in [0.1, 0.15) is 11.6 Å². The number of nitrogens with one attached hydrogen (secondary N) is 1. The van der Waals surface area contributed by atoms with Crippen LogP contribution in [0.15, 0.2) is 24.3 Å². The van der Waals surface area contributed by atoms with Crippen molar-refractivity contribution in [1.29, 1.82) is 0 Å². The van der Waals surface area contributed by atoms with Crippen LogP contribution in [0, 0.1) is 6.92 Å². The van der Waals surface area contributed by atoms with Crippen molar-refractivity contribution < 1.29 is 4.74 Å². The molecule has 1 aromatic heterocycles. The Bertz CT molecular complexity index is 611. The molecule has 0 atom stereocenters. The van der Waals surface area contributed by atoms with Crippen LogP contribution in [0.5, 0.6) is 5.75 Å². The van der Waals surface area contributed by atoms with Gasteiger partial charge < -0.3 is 10.1 Å². The molecule has 0 aliphatic heterocycles. The topological polar surface area (TPSA) is 47.0 Å². The van der Waals surface area contributed by atoms with E-state index in [0.29, 0.717) is 6.61 Å². The standard InChI is InChI=1S/C17H23N3O/c1-5-14-12(4)16(18-6-2)20-17(19-14)13-10-8-9-11-15(13)21-7-3/h8-11H,5-7H2,1-4H3,(H,18,19,20). The zero-order chi connectivity index (χ0) is 15.2. The van der Waals surface area contributed by atoms with Gasteiger partial charge in [0, 0.05) is 17.8 Å². The number of ether oxygens (including phenoxy) is 1. The summed E-state index contributed by atoms with van der Waals surface area (Å²) in [5, 5.41) is 3.32. The highest BCUT2D eigenvalue weighted by atomic mass is 16.5. The van der Waals surface area contributed by atoms with Crippen LogP contribution >= 0.6 is 0 Å². The Morgan fingerprint density at radius 1 is 1.10 bits per heavy atom. The smallest absolute Gasteiger partial charge is 0.165 e. The van der Waals surface area contributed by atoms with Crippen LogP contribution in [0.4, 0.5) is 5.82 Å². The van der Waals surface area contributed by atoms with Gasteiger partial charge in [0.05, 0.1) is 12.2 Å². The lowest BCUT2D eigenvalue weighted by Crippen LogP contribution is -2.08. The second kappa shape index (κ2) is 7.07. The predicted octanol–water partition coefficient (Wildman–Crippen LogP) is 3.84. The Kier molecular flexibility index (Phi) is 5.14. The van der Waals surface area contributed by atoms with Crippen molar-refractivity contribution in [2.45, 2.75) is 34.1 Å². The number of anilines is 1. The molecule has 1 heterocycles. The molecule has 0 saturated carbocycles. The Hall–Kier alpha value is -2.10. The normalized spacial score (nSPS) is 10.5. The highest BCUT2D eigenvalue weighted by molar-refractivity contribution is 5.66. The highest BCUT2D eigenvalue weighted by Gasteiger charge is 2.13. The van der Waals surface area contributed by atoms with Gasteiger partial charge in [0.25, 0.3) is 0 Å². The molecule has 0 fully saturated rings. The maximum atomic E-state index is 5.69. The van der Waals surface area contributed by atoms with Crippen LogP contribution in [0.3, 0.4) is 0 Å². The van der Waals surface area contributed by atoms with Gasteiger partial charge in [0.15, 0.2) is 5.82 Å². The number of hydrogen-bond acceptors (Lipinski definition) is 4. The molecule has 4 heteroatoms. The lowest BCUT2D eigenvalue weighted by Gasteiger charge is -2.14. The zero-order valence-electron chi connectivity index (χ0n) is 13.2. The number of nitrogens with zero attached hydrogens (tertiary/aromatic N) is 2. The van der Waals surface area contributed by atoms with Crippen molar-refractivity contribution in [2.24, 2.45) is 0 Å².